The lowest BCUT2D eigenvalue weighted by atomic mass is 10.4. The third-order valence-electron chi connectivity index (χ3n) is 0.612. The van der Waals surface area contributed by atoms with Crippen LogP contribution in [0.2, 0.25) is 0 Å². The molecule has 0 atom stereocenters. The molecule has 0 aliphatic heterocycles. The van der Waals surface area contributed by atoms with Gasteiger partial charge in [-0.2, -0.15) is 5.10 Å². The standard InChI is InChI=1S/C5H9N3/c1-3-5(4-2)7-8-6/h3-4,8H,1-2,6H2. The molecule has 0 spiro atoms. The van der Waals surface area contributed by atoms with Gasteiger partial charge in [0.1, 0.15) is 0 Å². The Morgan fingerprint density at radius 1 is 1.50 bits per heavy atom. The summed E-state index contributed by atoms with van der Waals surface area (Å²) in [6, 6.07) is 0. The van der Waals surface area contributed by atoms with E-state index in [0.29, 0.717) is 5.71 Å². The molecule has 0 aliphatic carbocycles. The van der Waals surface area contributed by atoms with E-state index in [1.165, 1.54) is 0 Å². The highest BCUT2D eigenvalue weighted by molar-refractivity contribution is 6.02. The second-order valence-electron chi connectivity index (χ2n) is 1.07. The number of hydrazone groups is 1. The van der Waals surface area contributed by atoms with Crippen molar-refractivity contribution in [3.8, 4) is 0 Å². The molecule has 44 valence electrons. The fourth-order valence-electron chi connectivity index (χ4n) is 0.249. The third-order valence-corrected chi connectivity index (χ3v) is 0.612. The number of hydrogen-bond acceptors (Lipinski definition) is 3. The quantitative estimate of drug-likeness (QED) is 0.310. The minimum atomic E-state index is 0.632. The molecule has 0 aromatic carbocycles. The van der Waals surface area contributed by atoms with Crippen molar-refractivity contribution in [3.63, 3.8) is 0 Å². The van der Waals surface area contributed by atoms with E-state index >= 15 is 0 Å². The van der Waals surface area contributed by atoms with Gasteiger partial charge in [-0.3, -0.25) is 0 Å². The van der Waals surface area contributed by atoms with Gasteiger partial charge in [-0.05, 0) is 12.2 Å². The molecule has 0 saturated heterocycles. The summed E-state index contributed by atoms with van der Waals surface area (Å²) in [4.78, 5) is 0. The summed E-state index contributed by atoms with van der Waals surface area (Å²) in [6.07, 6.45) is 3.10. The molecule has 3 nitrogen and oxygen atoms in total. The van der Waals surface area contributed by atoms with Crippen LogP contribution in [-0.2, 0) is 0 Å². The number of rotatable bonds is 3. The van der Waals surface area contributed by atoms with E-state index in [1.807, 2.05) is 0 Å². The average molecular weight is 111 g/mol. The predicted octanol–water partition coefficient (Wildman–Crippen LogP) is 0.178. The van der Waals surface area contributed by atoms with E-state index in [-0.39, 0.29) is 0 Å². The fraction of sp³-hybridized carbons (Fsp3) is 0. The van der Waals surface area contributed by atoms with Crippen molar-refractivity contribution in [3.05, 3.63) is 25.3 Å². The summed E-state index contributed by atoms with van der Waals surface area (Å²) in [5, 5.41) is 3.57. The van der Waals surface area contributed by atoms with Gasteiger partial charge in [0.15, 0.2) is 0 Å². The normalized spacial score (nSPS) is 7.12. The van der Waals surface area contributed by atoms with E-state index in [9.17, 15) is 0 Å². The number of allylic oxidation sites excluding steroid dienone is 2. The summed E-state index contributed by atoms with van der Waals surface area (Å²) < 4.78 is 0. The van der Waals surface area contributed by atoms with Crippen molar-refractivity contribution in [2.75, 3.05) is 0 Å². The van der Waals surface area contributed by atoms with Crippen LogP contribution in [0, 0.1) is 0 Å². The Morgan fingerprint density at radius 2 is 2.00 bits per heavy atom. The highest BCUT2D eigenvalue weighted by atomic mass is 15.5. The van der Waals surface area contributed by atoms with Crippen molar-refractivity contribution < 1.29 is 0 Å². The maximum absolute atomic E-state index is 4.85. The molecule has 0 aromatic heterocycles. The lowest BCUT2D eigenvalue weighted by Gasteiger charge is -1.88. The smallest absolute Gasteiger partial charge is 0.0833 e. The van der Waals surface area contributed by atoms with Crippen molar-refractivity contribution in [1.82, 2.24) is 5.53 Å². The van der Waals surface area contributed by atoms with Crippen LogP contribution >= 0.6 is 0 Å². The largest absolute Gasteiger partial charge is 0.245 e. The second-order valence-corrected chi connectivity index (χ2v) is 1.07. The number of hydrogen-bond donors (Lipinski definition) is 2. The Bertz CT molecular complexity index is 105. The van der Waals surface area contributed by atoms with E-state index in [4.69, 9.17) is 5.84 Å². The Balaban J connectivity index is 3.85. The molecule has 0 unspecified atom stereocenters. The van der Waals surface area contributed by atoms with Gasteiger partial charge in [0.2, 0.25) is 0 Å². The molecule has 0 aromatic rings. The average Bonchev–Trinajstić information content (AvgIpc) is 1.83. The zero-order valence-corrected chi connectivity index (χ0v) is 4.59. The van der Waals surface area contributed by atoms with Crippen LogP contribution < -0.4 is 11.4 Å². The van der Waals surface area contributed by atoms with E-state index in [1.54, 1.807) is 12.2 Å². The SMILES string of the molecule is C=CC(C=C)=NNN. The first kappa shape index (κ1) is 6.91. The molecule has 3 N–H and O–H groups in total. The van der Waals surface area contributed by atoms with Crippen molar-refractivity contribution in [1.29, 1.82) is 0 Å². The molecule has 0 bridgehead atoms. The second kappa shape index (κ2) is 4.08. The minimum Gasteiger partial charge on any atom is -0.245 e. The van der Waals surface area contributed by atoms with Gasteiger partial charge in [-0.1, -0.05) is 13.2 Å². The van der Waals surface area contributed by atoms with Gasteiger partial charge in [0, 0.05) is 0 Å². The Labute approximate surface area is 48.5 Å². The van der Waals surface area contributed by atoms with Crippen LogP contribution in [0.15, 0.2) is 30.4 Å². The fourth-order valence-corrected chi connectivity index (χ4v) is 0.249. The lowest BCUT2D eigenvalue weighted by Crippen LogP contribution is -2.15. The van der Waals surface area contributed by atoms with Gasteiger partial charge in [-0.15, -0.1) is 0 Å². The first-order chi connectivity index (χ1) is 3.85. The zero-order chi connectivity index (χ0) is 6.41. The number of hydrazine groups is 1. The van der Waals surface area contributed by atoms with E-state index in [0.717, 1.165) is 0 Å². The van der Waals surface area contributed by atoms with Crippen molar-refractivity contribution >= 4 is 5.71 Å². The molecule has 0 amide bonds. The van der Waals surface area contributed by atoms with Gasteiger partial charge in [0.25, 0.3) is 0 Å². The summed E-state index contributed by atoms with van der Waals surface area (Å²) in [5.74, 6) is 4.85. The molecular formula is C5H9N3. The zero-order valence-electron chi connectivity index (χ0n) is 4.59. The van der Waals surface area contributed by atoms with Crippen LogP contribution in [0.4, 0.5) is 0 Å². The third kappa shape index (κ3) is 2.15. The Hall–Kier alpha value is -1.09. The molecule has 0 aliphatic rings. The maximum atomic E-state index is 4.85. The topological polar surface area (TPSA) is 50.4 Å². The predicted molar refractivity (Wildman–Crippen MR) is 35.2 cm³/mol. The van der Waals surface area contributed by atoms with Gasteiger partial charge < -0.3 is 0 Å². The van der Waals surface area contributed by atoms with Gasteiger partial charge in [0.05, 0.1) is 5.71 Å². The number of nitrogens with one attached hydrogen (secondary N) is 1. The summed E-state index contributed by atoms with van der Waals surface area (Å²) in [5.41, 5.74) is 2.75. The Morgan fingerprint density at radius 3 is 2.12 bits per heavy atom. The Kier molecular flexibility index (Phi) is 3.52. The first-order valence-electron chi connectivity index (χ1n) is 2.13. The van der Waals surface area contributed by atoms with Crippen LogP contribution in [0.1, 0.15) is 0 Å². The monoisotopic (exact) mass is 111 g/mol. The lowest BCUT2D eigenvalue weighted by molar-refractivity contribution is 0.808. The highest BCUT2D eigenvalue weighted by Crippen LogP contribution is 1.75. The van der Waals surface area contributed by atoms with Gasteiger partial charge in [-0.25, -0.2) is 11.4 Å². The molecule has 0 heterocycles. The minimum absolute atomic E-state index is 0.632. The molecule has 0 saturated carbocycles. The highest BCUT2D eigenvalue weighted by Gasteiger charge is 1.77. The van der Waals surface area contributed by atoms with E-state index in [2.05, 4.69) is 23.8 Å². The molecule has 0 fully saturated rings. The van der Waals surface area contributed by atoms with Crippen LogP contribution in [-0.4, -0.2) is 5.71 Å². The van der Waals surface area contributed by atoms with Crippen molar-refractivity contribution in [2.24, 2.45) is 10.9 Å². The van der Waals surface area contributed by atoms with Crippen LogP contribution in [0.5, 0.6) is 0 Å². The molecule has 0 rings (SSSR count). The molecule has 8 heavy (non-hydrogen) atoms. The van der Waals surface area contributed by atoms with Gasteiger partial charge >= 0.3 is 0 Å². The van der Waals surface area contributed by atoms with E-state index < -0.39 is 0 Å². The number of nitrogens with zero attached hydrogens (tertiary/aromatic N) is 1. The summed E-state index contributed by atoms with van der Waals surface area (Å²) >= 11 is 0. The summed E-state index contributed by atoms with van der Waals surface area (Å²) in [7, 11) is 0. The number of nitrogens with two attached hydrogens (primary N) is 1. The maximum Gasteiger partial charge on any atom is 0.0833 e. The van der Waals surface area contributed by atoms with Crippen molar-refractivity contribution in [2.45, 2.75) is 0 Å². The molecule has 3 heteroatoms. The summed E-state index contributed by atoms with van der Waals surface area (Å²) in [6.45, 7) is 6.91. The molecule has 0 radical (unpaired) electrons. The molecular weight excluding hydrogens is 102 g/mol. The van der Waals surface area contributed by atoms with Crippen LogP contribution in [0.3, 0.4) is 0 Å². The first-order valence-corrected chi connectivity index (χ1v) is 2.13. The van der Waals surface area contributed by atoms with Crippen LogP contribution in [0.25, 0.3) is 0 Å².